The van der Waals surface area contributed by atoms with Gasteiger partial charge in [-0.3, -0.25) is 9.10 Å². The Kier molecular flexibility index (Phi) is 5.93. The lowest BCUT2D eigenvalue weighted by Crippen LogP contribution is -2.35. The van der Waals surface area contributed by atoms with Crippen LogP contribution < -0.4 is 14.4 Å². The van der Waals surface area contributed by atoms with Crippen LogP contribution >= 0.6 is 0 Å². The average Bonchev–Trinajstić information content (AvgIpc) is 2.80. The third-order valence-corrected chi connectivity index (χ3v) is 7.66. The van der Waals surface area contributed by atoms with E-state index >= 15 is 0 Å². The highest BCUT2D eigenvalue weighted by Crippen LogP contribution is 2.34. The molecule has 4 rings (SSSR count). The fraction of sp³-hybridized carbons (Fsp3) is 0.240. The minimum atomic E-state index is -3.74. The van der Waals surface area contributed by atoms with Crippen molar-refractivity contribution in [2.75, 3.05) is 23.3 Å². The average molecular weight is 451 g/mol. The third kappa shape index (κ3) is 4.21. The van der Waals surface area contributed by atoms with E-state index in [0.29, 0.717) is 29.2 Å². The predicted octanol–water partition coefficient (Wildman–Crippen LogP) is 4.71. The Hall–Kier alpha value is -3.32. The van der Waals surface area contributed by atoms with Crippen LogP contribution in [0.25, 0.3) is 0 Å². The van der Waals surface area contributed by atoms with Crippen molar-refractivity contribution in [3.05, 3.63) is 82.9 Å². The monoisotopic (exact) mass is 450 g/mol. The summed E-state index contributed by atoms with van der Waals surface area (Å²) in [6.07, 6.45) is 1.52. The molecule has 0 radical (unpaired) electrons. The second-order valence-corrected chi connectivity index (χ2v) is 9.82. The van der Waals surface area contributed by atoms with E-state index in [1.165, 1.54) is 11.4 Å². The maximum atomic E-state index is 13.4. The van der Waals surface area contributed by atoms with Crippen LogP contribution in [-0.2, 0) is 16.4 Å². The minimum absolute atomic E-state index is 0.204. The van der Waals surface area contributed by atoms with Crippen LogP contribution in [0.15, 0.2) is 65.6 Å². The first-order chi connectivity index (χ1) is 15.3. The quantitative estimate of drug-likeness (QED) is 0.611. The standard InChI is InChI=1S/C25H26N2O4S/c1-17-6-7-20(15-18(17)2)25(28)26-21-9-8-19-5-4-14-27(24(19)16-21)32(29,30)23-12-10-22(31-3)11-13-23/h6-13,15-16H,4-5,14H2,1-3H3,(H,26,28). The fourth-order valence-electron chi connectivity index (χ4n) is 3.83. The van der Waals surface area contributed by atoms with Crippen LogP contribution in [0.4, 0.5) is 11.4 Å². The van der Waals surface area contributed by atoms with E-state index in [-0.39, 0.29) is 10.8 Å². The number of rotatable bonds is 5. The molecular weight excluding hydrogens is 424 g/mol. The molecule has 1 N–H and O–H groups in total. The molecule has 3 aromatic carbocycles. The van der Waals surface area contributed by atoms with Gasteiger partial charge in [-0.05, 0) is 91.9 Å². The second-order valence-electron chi connectivity index (χ2n) is 7.95. The molecule has 0 atom stereocenters. The fourth-order valence-corrected chi connectivity index (χ4v) is 5.36. The molecule has 1 heterocycles. The van der Waals surface area contributed by atoms with Crippen molar-refractivity contribution in [3.8, 4) is 5.75 Å². The van der Waals surface area contributed by atoms with E-state index in [2.05, 4.69) is 5.32 Å². The number of ether oxygens (including phenoxy) is 1. The topological polar surface area (TPSA) is 75.7 Å². The van der Waals surface area contributed by atoms with E-state index in [4.69, 9.17) is 4.74 Å². The largest absolute Gasteiger partial charge is 0.497 e. The Bertz CT molecular complexity index is 1270. The van der Waals surface area contributed by atoms with Crippen LogP contribution in [0.3, 0.4) is 0 Å². The number of carbonyl (C=O) groups excluding carboxylic acids is 1. The number of fused-ring (bicyclic) bond motifs is 1. The lowest BCUT2D eigenvalue weighted by molar-refractivity contribution is 0.102. The van der Waals surface area contributed by atoms with Crippen LogP contribution in [0.2, 0.25) is 0 Å². The molecule has 0 saturated heterocycles. The van der Waals surface area contributed by atoms with Crippen molar-refractivity contribution < 1.29 is 17.9 Å². The molecule has 0 fully saturated rings. The van der Waals surface area contributed by atoms with E-state index in [1.54, 1.807) is 36.4 Å². The highest BCUT2D eigenvalue weighted by Gasteiger charge is 2.29. The van der Waals surface area contributed by atoms with Crippen molar-refractivity contribution in [3.63, 3.8) is 0 Å². The summed E-state index contributed by atoms with van der Waals surface area (Å²) in [5.74, 6) is 0.368. The third-order valence-electron chi connectivity index (χ3n) is 5.84. The number of anilines is 2. The van der Waals surface area contributed by atoms with Crippen molar-refractivity contribution in [2.45, 2.75) is 31.6 Å². The molecule has 0 aliphatic carbocycles. The second kappa shape index (κ2) is 8.67. The molecule has 0 saturated carbocycles. The first kappa shape index (κ1) is 21.9. The lowest BCUT2D eigenvalue weighted by atomic mass is 10.0. The Morgan fingerprint density at radius 3 is 2.41 bits per heavy atom. The summed E-state index contributed by atoms with van der Waals surface area (Å²) >= 11 is 0. The first-order valence-corrected chi connectivity index (χ1v) is 11.9. The zero-order valence-electron chi connectivity index (χ0n) is 18.4. The predicted molar refractivity (Wildman–Crippen MR) is 126 cm³/mol. The Balaban J connectivity index is 1.64. The van der Waals surface area contributed by atoms with Crippen LogP contribution in [0.5, 0.6) is 5.75 Å². The summed E-state index contributed by atoms with van der Waals surface area (Å²) in [6, 6.07) is 17.4. The molecule has 166 valence electrons. The van der Waals surface area contributed by atoms with Crippen molar-refractivity contribution in [1.82, 2.24) is 0 Å². The SMILES string of the molecule is COc1ccc(S(=O)(=O)N2CCCc3ccc(NC(=O)c4ccc(C)c(C)c4)cc32)cc1. The van der Waals surface area contributed by atoms with Gasteiger partial charge in [-0.2, -0.15) is 0 Å². The number of benzene rings is 3. The highest BCUT2D eigenvalue weighted by atomic mass is 32.2. The van der Waals surface area contributed by atoms with Gasteiger partial charge in [0.1, 0.15) is 5.75 Å². The van der Waals surface area contributed by atoms with Crippen molar-refractivity contribution in [1.29, 1.82) is 0 Å². The molecule has 3 aromatic rings. The first-order valence-electron chi connectivity index (χ1n) is 10.5. The van der Waals surface area contributed by atoms with Gasteiger partial charge in [0.25, 0.3) is 15.9 Å². The van der Waals surface area contributed by atoms with E-state index in [1.807, 2.05) is 38.1 Å². The van der Waals surface area contributed by atoms with E-state index in [0.717, 1.165) is 29.5 Å². The summed E-state index contributed by atoms with van der Waals surface area (Å²) in [5.41, 5.74) is 4.83. The van der Waals surface area contributed by atoms with Crippen LogP contribution in [0, 0.1) is 13.8 Å². The highest BCUT2D eigenvalue weighted by molar-refractivity contribution is 7.92. The number of methoxy groups -OCH3 is 1. The van der Waals surface area contributed by atoms with E-state index in [9.17, 15) is 13.2 Å². The molecule has 0 spiro atoms. The van der Waals surface area contributed by atoms with E-state index < -0.39 is 10.0 Å². The summed E-state index contributed by atoms with van der Waals surface area (Å²) in [5, 5.41) is 2.90. The Morgan fingerprint density at radius 2 is 1.72 bits per heavy atom. The molecule has 0 aromatic heterocycles. The van der Waals surface area contributed by atoms with Crippen molar-refractivity contribution >= 4 is 27.3 Å². The van der Waals surface area contributed by atoms with Gasteiger partial charge in [-0.15, -0.1) is 0 Å². The van der Waals surface area contributed by atoms with Gasteiger partial charge < -0.3 is 10.1 Å². The summed E-state index contributed by atoms with van der Waals surface area (Å²) in [7, 11) is -2.20. The number of carbonyl (C=O) groups is 1. The summed E-state index contributed by atoms with van der Waals surface area (Å²) < 4.78 is 33.3. The van der Waals surface area contributed by atoms with Crippen LogP contribution in [0.1, 0.15) is 33.5 Å². The minimum Gasteiger partial charge on any atom is -0.497 e. The molecule has 7 heteroatoms. The lowest BCUT2D eigenvalue weighted by Gasteiger charge is -2.31. The maximum Gasteiger partial charge on any atom is 0.264 e. The van der Waals surface area contributed by atoms with Gasteiger partial charge in [0.2, 0.25) is 0 Å². The molecule has 0 unspecified atom stereocenters. The number of nitrogens with zero attached hydrogens (tertiary/aromatic N) is 1. The smallest absolute Gasteiger partial charge is 0.264 e. The number of hydrogen-bond acceptors (Lipinski definition) is 4. The number of nitrogens with one attached hydrogen (secondary N) is 1. The van der Waals surface area contributed by atoms with Gasteiger partial charge in [-0.25, -0.2) is 8.42 Å². The zero-order chi connectivity index (χ0) is 22.9. The molecule has 1 aliphatic heterocycles. The number of aryl methyl sites for hydroxylation is 3. The molecule has 1 aliphatic rings. The maximum absolute atomic E-state index is 13.4. The molecule has 6 nitrogen and oxygen atoms in total. The van der Waals surface area contributed by atoms with Gasteiger partial charge in [0.05, 0.1) is 17.7 Å². The molecular formula is C25H26N2O4S. The van der Waals surface area contributed by atoms with Crippen molar-refractivity contribution in [2.24, 2.45) is 0 Å². The Labute approximate surface area is 188 Å². The number of amides is 1. The zero-order valence-corrected chi connectivity index (χ0v) is 19.2. The molecule has 0 bridgehead atoms. The summed E-state index contributed by atoms with van der Waals surface area (Å²) in [6.45, 7) is 4.35. The van der Waals surface area contributed by atoms with Crippen LogP contribution in [-0.4, -0.2) is 28.0 Å². The Morgan fingerprint density at radius 1 is 0.969 bits per heavy atom. The summed E-state index contributed by atoms with van der Waals surface area (Å²) in [4.78, 5) is 13.0. The van der Waals surface area contributed by atoms with Gasteiger partial charge in [0.15, 0.2) is 0 Å². The van der Waals surface area contributed by atoms with Gasteiger partial charge >= 0.3 is 0 Å². The number of hydrogen-bond donors (Lipinski definition) is 1. The van der Waals surface area contributed by atoms with Gasteiger partial charge in [-0.1, -0.05) is 12.1 Å². The van der Waals surface area contributed by atoms with Gasteiger partial charge in [0, 0.05) is 17.8 Å². The normalized spacial score (nSPS) is 13.4. The molecule has 1 amide bonds. The molecule has 32 heavy (non-hydrogen) atoms. The number of sulfonamides is 1.